The fraction of sp³-hybridized carbons (Fsp3) is 1.00. The van der Waals surface area contributed by atoms with Gasteiger partial charge < -0.3 is 14.5 Å². The van der Waals surface area contributed by atoms with E-state index < -0.39 is 0 Å². The highest BCUT2D eigenvalue weighted by Gasteiger charge is 2.18. The van der Waals surface area contributed by atoms with Crippen LogP contribution < -0.4 is 0 Å². The number of ether oxygens (including phenoxy) is 1. The number of likely N-dealkylation sites (N-methyl/N-ethyl adjacent to an activating group) is 1. The zero-order chi connectivity index (χ0) is 12.0. The first-order valence-corrected chi connectivity index (χ1v) is 6.60. The minimum atomic E-state index is 0.416. The predicted octanol–water partition coefficient (Wildman–Crippen LogP) is 1.83. The highest BCUT2D eigenvalue weighted by atomic mass is 16.5. The molecule has 2 unspecified atom stereocenters. The maximum Gasteiger partial charge on any atom is 0.0678 e. The first-order valence-electron chi connectivity index (χ1n) is 6.60. The lowest BCUT2D eigenvalue weighted by Crippen LogP contribution is -2.42. The van der Waals surface area contributed by atoms with Crippen LogP contribution in [0.25, 0.3) is 0 Å². The van der Waals surface area contributed by atoms with E-state index in [4.69, 9.17) is 4.74 Å². The topological polar surface area (TPSA) is 15.7 Å². The van der Waals surface area contributed by atoms with E-state index in [-0.39, 0.29) is 0 Å². The number of hydrogen-bond donors (Lipinski definition) is 0. The second-order valence-electron chi connectivity index (χ2n) is 5.34. The molecule has 2 rings (SSSR count). The molecule has 0 N–H and O–H groups in total. The molecule has 3 heteroatoms. The molecule has 2 aliphatic rings. The number of rotatable bonds is 0. The van der Waals surface area contributed by atoms with Crippen LogP contribution in [-0.4, -0.2) is 62.3 Å². The Kier molecular flexibility index (Phi) is 6.32. The summed E-state index contributed by atoms with van der Waals surface area (Å²) in [5.41, 5.74) is 0. The molecule has 2 aliphatic heterocycles. The summed E-state index contributed by atoms with van der Waals surface area (Å²) >= 11 is 0. The Bertz CT molecular complexity index is 156. The van der Waals surface area contributed by atoms with Crippen molar-refractivity contribution in [2.24, 2.45) is 0 Å². The van der Waals surface area contributed by atoms with E-state index in [1.165, 1.54) is 32.4 Å². The van der Waals surface area contributed by atoms with Gasteiger partial charge in [-0.3, -0.25) is 0 Å². The third-order valence-corrected chi connectivity index (χ3v) is 3.18. The van der Waals surface area contributed by atoms with Crippen LogP contribution in [0.1, 0.15) is 33.1 Å². The number of nitrogens with zero attached hydrogens (tertiary/aromatic N) is 2. The van der Waals surface area contributed by atoms with Gasteiger partial charge in [0, 0.05) is 13.1 Å². The standard InChI is InChI=1S/C7H15NO.C6H13N/c1-6-4-8(3)5-7(2)9-6;1-7-5-3-2-4-6-7/h6-7H,4-5H2,1-3H3;2-6H2,1H3. The van der Waals surface area contributed by atoms with Crippen molar-refractivity contribution in [3.05, 3.63) is 0 Å². The maximum atomic E-state index is 5.51. The maximum absolute atomic E-state index is 5.51. The Hall–Kier alpha value is -0.120. The van der Waals surface area contributed by atoms with Gasteiger partial charge in [0.05, 0.1) is 12.2 Å². The Morgan fingerprint density at radius 3 is 1.62 bits per heavy atom. The number of piperidine rings is 1. The van der Waals surface area contributed by atoms with Crippen molar-refractivity contribution in [2.75, 3.05) is 40.3 Å². The summed E-state index contributed by atoms with van der Waals surface area (Å²) in [6.07, 6.45) is 5.11. The molecule has 0 aromatic rings. The van der Waals surface area contributed by atoms with Crippen molar-refractivity contribution in [1.82, 2.24) is 9.80 Å². The van der Waals surface area contributed by atoms with Crippen LogP contribution in [0.5, 0.6) is 0 Å². The molecular weight excluding hydrogens is 200 g/mol. The fourth-order valence-corrected chi connectivity index (χ4v) is 2.49. The third kappa shape index (κ3) is 5.83. The first-order chi connectivity index (χ1) is 7.58. The van der Waals surface area contributed by atoms with Crippen molar-refractivity contribution < 1.29 is 4.74 Å². The van der Waals surface area contributed by atoms with Gasteiger partial charge in [-0.25, -0.2) is 0 Å². The summed E-state index contributed by atoms with van der Waals surface area (Å²) in [4.78, 5) is 4.70. The predicted molar refractivity (Wildman–Crippen MR) is 68.9 cm³/mol. The third-order valence-electron chi connectivity index (χ3n) is 3.18. The molecular formula is C13H28N2O. The van der Waals surface area contributed by atoms with Crippen LogP contribution in [0.2, 0.25) is 0 Å². The minimum absolute atomic E-state index is 0.416. The lowest BCUT2D eigenvalue weighted by atomic mass is 10.1. The number of morpholine rings is 1. The van der Waals surface area contributed by atoms with Crippen molar-refractivity contribution in [2.45, 2.75) is 45.3 Å². The Labute approximate surface area is 101 Å². The quantitative estimate of drug-likeness (QED) is 0.629. The van der Waals surface area contributed by atoms with Gasteiger partial charge in [0.1, 0.15) is 0 Å². The molecule has 0 radical (unpaired) electrons. The van der Waals surface area contributed by atoms with Crippen LogP contribution in [0.3, 0.4) is 0 Å². The SMILES string of the molecule is CC1CN(C)CC(C)O1.CN1CCCCC1. The van der Waals surface area contributed by atoms with Gasteiger partial charge in [-0.05, 0) is 53.9 Å². The van der Waals surface area contributed by atoms with Gasteiger partial charge in [0.15, 0.2) is 0 Å². The molecule has 0 aliphatic carbocycles. The summed E-state index contributed by atoms with van der Waals surface area (Å²) in [6.45, 7) is 9.02. The molecule has 0 amide bonds. The van der Waals surface area contributed by atoms with Crippen molar-refractivity contribution in [1.29, 1.82) is 0 Å². The van der Waals surface area contributed by atoms with Crippen LogP contribution in [0, 0.1) is 0 Å². The number of hydrogen-bond acceptors (Lipinski definition) is 3. The van der Waals surface area contributed by atoms with E-state index in [1.54, 1.807) is 0 Å². The monoisotopic (exact) mass is 228 g/mol. The van der Waals surface area contributed by atoms with E-state index in [0.717, 1.165) is 13.1 Å². The second-order valence-corrected chi connectivity index (χ2v) is 5.34. The van der Waals surface area contributed by atoms with E-state index in [0.29, 0.717) is 12.2 Å². The molecule has 2 heterocycles. The van der Waals surface area contributed by atoms with E-state index in [1.807, 2.05) is 0 Å². The molecule has 16 heavy (non-hydrogen) atoms. The smallest absolute Gasteiger partial charge is 0.0678 e. The summed E-state index contributed by atoms with van der Waals surface area (Å²) in [5.74, 6) is 0. The lowest BCUT2D eigenvalue weighted by Gasteiger charge is -2.32. The summed E-state index contributed by atoms with van der Waals surface area (Å²) in [5, 5.41) is 0. The van der Waals surface area contributed by atoms with Crippen LogP contribution in [0.15, 0.2) is 0 Å². The van der Waals surface area contributed by atoms with E-state index in [2.05, 4.69) is 37.7 Å². The minimum Gasteiger partial charge on any atom is -0.373 e. The molecule has 96 valence electrons. The Morgan fingerprint density at radius 1 is 0.812 bits per heavy atom. The second kappa shape index (κ2) is 7.25. The average molecular weight is 228 g/mol. The highest BCUT2D eigenvalue weighted by Crippen LogP contribution is 2.07. The van der Waals surface area contributed by atoms with Crippen molar-refractivity contribution >= 4 is 0 Å². The van der Waals surface area contributed by atoms with Gasteiger partial charge >= 0.3 is 0 Å². The van der Waals surface area contributed by atoms with Gasteiger partial charge in [0.25, 0.3) is 0 Å². The number of likely N-dealkylation sites (tertiary alicyclic amines) is 1. The fourth-order valence-electron chi connectivity index (χ4n) is 2.49. The highest BCUT2D eigenvalue weighted by molar-refractivity contribution is 4.69. The Balaban J connectivity index is 0.000000165. The summed E-state index contributed by atoms with van der Waals surface area (Å²) in [6, 6.07) is 0. The molecule has 0 saturated carbocycles. The van der Waals surface area contributed by atoms with Crippen LogP contribution >= 0.6 is 0 Å². The zero-order valence-electron chi connectivity index (χ0n) is 11.4. The molecule has 0 bridgehead atoms. The Morgan fingerprint density at radius 2 is 1.31 bits per heavy atom. The zero-order valence-corrected chi connectivity index (χ0v) is 11.4. The molecule has 0 aromatic carbocycles. The molecule has 3 nitrogen and oxygen atoms in total. The van der Waals surface area contributed by atoms with Crippen molar-refractivity contribution in [3.63, 3.8) is 0 Å². The normalized spacial score (nSPS) is 33.0. The van der Waals surface area contributed by atoms with Crippen LogP contribution in [0.4, 0.5) is 0 Å². The van der Waals surface area contributed by atoms with Gasteiger partial charge in [-0.2, -0.15) is 0 Å². The van der Waals surface area contributed by atoms with Crippen molar-refractivity contribution in [3.8, 4) is 0 Å². The van der Waals surface area contributed by atoms with Crippen LogP contribution in [-0.2, 0) is 4.74 Å². The van der Waals surface area contributed by atoms with Gasteiger partial charge in [-0.1, -0.05) is 6.42 Å². The van der Waals surface area contributed by atoms with Gasteiger partial charge in [0.2, 0.25) is 0 Å². The molecule has 0 aromatic heterocycles. The largest absolute Gasteiger partial charge is 0.373 e. The first kappa shape index (κ1) is 13.9. The molecule has 2 atom stereocenters. The van der Waals surface area contributed by atoms with Gasteiger partial charge in [-0.15, -0.1) is 0 Å². The summed E-state index contributed by atoms with van der Waals surface area (Å²) in [7, 11) is 4.33. The van der Waals surface area contributed by atoms with E-state index >= 15 is 0 Å². The molecule has 2 fully saturated rings. The average Bonchev–Trinajstić information content (AvgIpc) is 2.17. The molecule has 2 saturated heterocycles. The van der Waals surface area contributed by atoms with E-state index in [9.17, 15) is 0 Å². The lowest BCUT2D eigenvalue weighted by molar-refractivity contribution is -0.0602. The summed E-state index contributed by atoms with van der Waals surface area (Å²) < 4.78 is 5.51. The molecule has 0 spiro atoms.